The van der Waals surface area contributed by atoms with Crippen LogP contribution in [0.3, 0.4) is 0 Å². The fourth-order valence-electron chi connectivity index (χ4n) is 8.44. The van der Waals surface area contributed by atoms with Gasteiger partial charge in [-0.15, -0.1) is 0 Å². The minimum absolute atomic E-state index is 0.711. The summed E-state index contributed by atoms with van der Waals surface area (Å²) in [6.45, 7) is 4.94. The first-order chi connectivity index (χ1) is 28.0. The number of aromatic nitrogens is 2. The van der Waals surface area contributed by atoms with Gasteiger partial charge in [0, 0.05) is 16.7 Å². The molecule has 2 nitrogen and oxygen atoms in total. The van der Waals surface area contributed by atoms with Crippen molar-refractivity contribution in [3.05, 3.63) is 206 Å². The van der Waals surface area contributed by atoms with Crippen molar-refractivity contribution < 1.29 is 0 Å². The predicted molar refractivity (Wildman–Crippen MR) is 242 cm³/mol. The van der Waals surface area contributed by atoms with Crippen molar-refractivity contribution in [3.8, 4) is 89.5 Å². The molecule has 8 aromatic carbocycles. The molecule has 1 aliphatic rings. The molecular formula is C54H40N2Si. The third kappa shape index (κ3) is 6.52. The predicted octanol–water partition coefficient (Wildman–Crippen LogP) is 12.9. The Kier molecular flexibility index (Phi) is 8.66. The molecule has 0 fully saturated rings. The zero-order chi connectivity index (χ0) is 38.3. The molecule has 0 N–H and O–H groups in total. The van der Waals surface area contributed by atoms with Crippen LogP contribution in [0.15, 0.2) is 206 Å². The summed E-state index contributed by atoms with van der Waals surface area (Å²) in [6.07, 6.45) is 0. The van der Waals surface area contributed by atoms with Crippen LogP contribution >= 0.6 is 0 Å². The molecule has 2 heterocycles. The van der Waals surface area contributed by atoms with E-state index >= 15 is 0 Å². The molecule has 10 rings (SSSR count). The Balaban J connectivity index is 0.961. The van der Waals surface area contributed by atoms with Crippen LogP contribution in [-0.4, -0.2) is 18.0 Å². The molecule has 0 radical (unpaired) electrons. The van der Waals surface area contributed by atoms with Gasteiger partial charge in [0.1, 0.15) is 8.07 Å². The lowest BCUT2D eigenvalue weighted by Crippen LogP contribution is -2.49. The van der Waals surface area contributed by atoms with Gasteiger partial charge in [-0.3, -0.25) is 0 Å². The SMILES string of the molecule is C[Si]1(C)c2ccccc2-c2cc(-c3cccc(-c4cccc(-c5ccc(-c6cc(-c7cccc(-c8ccccc8)c7)nc(-c7ccccc7)n6)cc5)c4)c3)ccc21. The van der Waals surface area contributed by atoms with Crippen molar-refractivity contribution >= 4 is 18.4 Å². The molecule has 0 spiro atoms. The summed E-state index contributed by atoms with van der Waals surface area (Å²) < 4.78 is 0. The average molecular weight is 745 g/mol. The fourth-order valence-corrected chi connectivity index (χ4v) is 11.5. The van der Waals surface area contributed by atoms with Crippen LogP contribution in [0.1, 0.15) is 0 Å². The van der Waals surface area contributed by atoms with Gasteiger partial charge < -0.3 is 0 Å². The van der Waals surface area contributed by atoms with Gasteiger partial charge in [0.2, 0.25) is 0 Å². The fraction of sp³-hybridized carbons (Fsp3) is 0.0370. The standard InChI is InChI=1S/C54H40N2Si/c1-57(2)52-25-10-9-24-48(52)49-35-46(30-31-53(49)57)45-22-12-21-44(33-45)43-20-11-18-41(32-43)38-26-28-39(29-27-38)50-36-51(56-54(55-50)40-16-7-4-8-17-40)47-23-13-19-42(34-47)37-14-5-3-6-15-37/h3-36H,1-2H3. The van der Waals surface area contributed by atoms with Gasteiger partial charge in [-0.25, -0.2) is 9.97 Å². The largest absolute Gasteiger partial charge is 0.228 e. The number of nitrogens with zero attached hydrogens (tertiary/aromatic N) is 2. The number of rotatable bonds is 7. The van der Waals surface area contributed by atoms with Crippen molar-refractivity contribution in [1.29, 1.82) is 0 Å². The molecule has 0 aliphatic carbocycles. The maximum Gasteiger partial charge on any atom is 0.160 e. The lowest BCUT2D eigenvalue weighted by atomic mass is 9.94. The van der Waals surface area contributed by atoms with Crippen LogP contribution in [0, 0.1) is 0 Å². The second-order valence-electron chi connectivity index (χ2n) is 15.4. The molecule has 270 valence electrons. The van der Waals surface area contributed by atoms with E-state index in [1.165, 1.54) is 49.7 Å². The molecule has 0 unspecified atom stereocenters. The normalized spacial score (nSPS) is 12.5. The van der Waals surface area contributed by atoms with Crippen molar-refractivity contribution in [2.24, 2.45) is 0 Å². The number of fused-ring (bicyclic) bond motifs is 3. The summed E-state index contributed by atoms with van der Waals surface area (Å²) in [7, 11) is -1.68. The van der Waals surface area contributed by atoms with Gasteiger partial charge in [0.25, 0.3) is 0 Å². The molecule has 57 heavy (non-hydrogen) atoms. The van der Waals surface area contributed by atoms with E-state index in [-0.39, 0.29) is 0 Å². The minimum atomic E-state index is -1.68. The van der Waals surface area contributed by atoms with E-state index in [1.807, 2.05) is 24.3 Å². The van der Waals surface area contributed by atoms with Gasteiger partial charge in [0.05, 0.1) is 11.4 Å². The van der Waals surface area contributed by atoms with Crippen LogP contribution in [-0.2, 0) is 0 Å². The van der Waals surface area contributed by atoms with Gasteiger partial charge in [-0.1, -0.05) is 189 Å². The summed E-state index contributed by atoms with van der Waals surface area (Å²) in [6, 6.07) is 74.2. The lowest BCUT2D eigenvalue weighted by molar-refractivity contribution is 1.18. The molecule has 1 aromatic heterocycles. The van der Waals surface area contributed by atoms with Crippen molar-refractivity contribution in [3.63, 3.8) is 0 Å². The van der Waals surface area contributed by atoms with Crippen LogP contribution in [0.25, 0.3) is 89.5 Å². The minimum Gasteiger partial charge on any atom is -0.228 e. The Morgan fingerprint density at radius 2 is 0.684 bits per heavy atom. The van der Waals surface area contributed by atoms with Crippen LogP contribution < -0.4 is 10.4 Å². The topological polar surface area (TPSA) is 25.8 Å². The highest BCUT2D eigenvalue weighted by Crippen LogP contribution is 2.35. The van der Waals surface area contributed by atoms with Crippen LogP contribution in [0.2, 0.25) is 13.1 Å². The molecule has 9 aromatic rings. The van der Waals surface area contributed by atoms with E-state index < -0.39 is 8.07 Å². The van der Waals surface area contributed by atoms with Crippen molar-refractivity contribution in [2.75, 3.05) is 0 Å². The average Bonchev–Trinajstić information content (AvgIpc) is 3.52. The number of hydrogen-bond acceptors (Lipinski definition) is 2. The summed E-state index contributed by atoms with van der Waals surface area (Å²) in [5.74, 6) is 0.711. The molecule has 0 saturated carbocycles. The van der Waals surface area contributed by atoms with Gasteiger partial charge >= 0.3 is 0 Å². The van der Waals surface area contributed by atoms with Gasteiger partial charge in [0.15, 0.2) is 5.82 Å². The zero-order valence-corrected chi connectivity index (χ0v) is 33.0. The third-order valence-electron chi connectivity index (χ3n) is 11.5. The summed E-state index contributed by atoms with van der Waals surface area (Å²) in [5.41, 5.74) is 17.3. The zero-order valence-electron chi connectivity index (χ0n) is 32.0. The molecule has 1 aliphatic heterocycles. The van der Waals surface area contributed by atoms with Crippen LogP contribution in [0.4, 0.5) is 0 Å². The quantitative estimate of drug-likeness (QED) is 0.152. The Bertz CT molecular complexity index is 2910. The van der Waals surface area contributed by atoms with Crippen molar-refractivity contribution in [1.82, 2.24) is 9.97 Å². The first-order valence-electron chi connectivity index (χ1n) is 19.6. The lowest BCUT2D eigenvalue weighted by Gasteiger charge is -2.18. The molecular weight excluding hydrogens is 705 g/mol. The van der Waals surface area contributed by atoms with E-state index in [0.717, 1.165) is 39.2 Å². The molecule has 0 saturated heterocycles. The number of benzene rings is 8. The van der Waals surface area contributed by atoms with E-state index in [0.29, 0.717) is 5.82 Å². The van der Waals surface area contributed by atoms with E-state index in [1.54, 1.807) is 5.19 Å². The third-order valence-corrected chi connectivity index (χ3v) is 15.1. The highest BCUT2D eigenvalue weighted by Gasteiger charge is 2.37. The first kappa shape index (κ1) is 34.5. The first-order valence-corrected chi connectivity index (χ1v) is 22.6. The molecule has 0 bridgehead atoms. The van der Waals surface area contributed by atoms with Gasteiger partial charge in [-0.05, 0) is 96.3 Å². The van der Waals surface area contributed by atoms with E-state index in [9.17, 15) is 0 Å². The summed E-state index contributed by atoms with van der Waals surface area (Å²) >= 11 is 0. The monoisotopic (exact) mass is 744 g/mol. The highest BCUT2D eigenvalue weighted by molar-refractivity contribution is 7.03. The highest BCUT2D eigenvalue weighted by atomic mass is 28.3. The maximum absolute atomic E-state index is 5.10. The van der Waals surface area contributed by atoms with Crippen molar-refractivity contribution in [2.45, 2.75) is 13.1 Å². The smallest absolute Gasteiger partial charge is 0.160 e. The Labute approximate surface area is 335 Å². The molecule has 0 amide bonds. The Hall–Kier alpha value is -6.94. The van der Waals surface area contributed by atoms with E-state index in [2.05, 4.69) is 195 Å². The molecule has 0 atom stereocenters. The summed E-state index contributed by atoms with van der Waals surface area (Å²) in [5, 5.41) is 3.08. The Morgan fingerprint density at radius 1 is 0.281 bits per heavy atom. The molecule has 3 heteroatoms. The van der Waals surface area contributed by atoms with Gasteiger partial charge in [-0.2, -0.15) is 0 Å². The second kappa shape index (κ2) is 14.3. The summed E-state index contributed by atoms with van der Waals surface area (Å²) in [4.78, 5) is 10.2. The Morgan fingerprint density at radius 3 is 1.32 bits per heavy atom. The second-order valence-corrected chi connectivity index (χ2v) is 19.8. The number of hydrogen-bond donors (Lipinski definition) is 0. The maximum atomic E-state index is 5.10. The van der Waals surface area contributed by atoms with E-state index in [4.69, 9.17) is 9.97 Å². The van der Waals surface area contributed by atoms with Crippen LogP contribution in [0.5, 0.6) is 0 Å².